The van der Waals surface area contributed by atoms with E-state index in [0.717, 1.165) is 16.9 Å². The lowest BCUT2D eigenvalue weighted by Crippen LogP contribution is -2.31. The minimum absolute atomic E-state index is 0.0385. The molecule has 9 nitrogen and oxygen atoms in total. The fourth-order valence-corrected chi connectivity index (χ4v) is 5.79. The molecular weight excluding hydrogens is 538 g/mol. The summed E-state index contributed by atoms with van der Waals surface area (Å²) in [5.74, 6) is -1.60. The molecule has 1 unspecified atom stereocenters. The third kappa shape index (κ3) is 4.80. The number of anilines is 1. The maximum Gasteiger partial charge on any atom is 0.296 e. The molecule has 2 aromatic carbocycles. The molecule has 1 atom stereocenters. The van der Waals surface area contributed by atoms with Crippen molar-refractivity contribution in [2.75, 3.05) is 12.0 Å². The van der Waals surface area contributed by atoms with Crippen LogP contribution in [0.3, 0.4) is 0 Å². The van der Waals surface area contributed by atoms with Crippen molar-refractivity contribution in [1.29, 1.82) is 0 Å². The zero-order chi connectivity index (χ0) is 26.1. The van der Waals surface area contributed by atoms with E-state index in [4.69, 9.17) is 20.8 Å². The number of ketones is 1. The Hall–Kier alpha value is -3.80. The number of Topliss-reactive ketones (excluding diaryl/α,β-unsaturated/α-hetero) is 1. The number of hydrogen-bond donors (Lipinski definition) is 2. The number of aliphatic hydroxyl groups is 1. The Bertz CT molecular complexity index is 1500. The number of amides is 1. The van der Waals surface area contributed by atoms with Gasteiger partial charge in [-0.05, 0) is 47.5 Å². The van der Waals surface area contributed by atoms with Gasteiger partial charge in [0, 0.05) is 10.8 Å². The molecule has 4 aromatic rings. The Balaban J connectivity index is 1.51. The number of furan rings is 1. The number of phenols is 1. The molecule has 0 aliphatic carbocycles. The Morgan fingerprint density at radius 1 is 1.19 bits per heavy atom. The van der Waals surface area contributed by atoms with E-state index >= 15 is 0 Å². The lowest BCUT2D eigenvalue weighted by Gasteiger charge is -2.24. The van der Waals surface area contributed by atoms with E-state index in [0.29, 0.717) is 20.7 Å². The molecule has 0 saturated carbocycles. The highest BCUT2D eigenvalue weighted by molar-refractivity contribution is 8.00. The molecule has 1 amide bonds. The number of thioether (sulfide) groups is 1. The molecular formula is C25H18ClN3O6S2. The number of halogens is 1. The van der Waals surface area contributed by atoms with Gasteiger partial charge in [0.2, 0.25) is 10.9 Å². The topological polar surface area (TPSA) is 126 Å². The molecule has 0 fully saturated rings. The van der Waals surface area contributed by atoms with Gasteiger partial charge >= 0.3 is 0 Å². The maximum atomic E-state index is 13.3. The van der Waals surface area contributed by atoms with Gasteiger partial charge in [0.1, 0.15) is 0 Å². The van der Waals surface area contributed by atoms with Gasteiger partial charge in [-0.2, -0.15) is 0 Å². The van der Waals surface area contributed by atoms with Crippen LogP contribution in [-0.2, 0) is 10.5 Å². The van der Waals surface area contributed by atoms with Gasteiger partial charge in [-0.3, -0.25) is 14.5 Å². The molecule has 2 N–H and O–H groups in total. The van der Waals surface area contributed by atoms with Crippen LogP contribution >= 0.6 is 34.7 Å². The van der Waals surface area contributed by atoms with Crippen molar-refractivity contribution in [3.8, 4) is 11.5 Å². The average Bonchev–Trinajstić information content (AvgIpc) is 3.65. The zero-order valence-corrected chi connectivity index (χ0v) is 21.5. The first-order valence-electron chi connectivity index (χ1n) is 10.8. The number of carbonyl (C=O) groups excluding carboxylic acids is 2. The zero-order valence-electron chi connectivity index (χ0n) is 19.1. The summed E-state index contributed by atoms with van der Waals surface area (Å²) in [4.78, 5) is 27.8. The van der Waals surface area contributed by atoms with E-state index in [1.807, 2.05) is 12.1 Å². The van der Waals surface area contributed by atoms with Crippen molar-refractivity contribution in [2.45, 2.75) is 16.1 Å². The quantitative estimate of drug-likeness (QED) is 0.163. The highest BCUT2D eigenvalue weighted by Crippen LogP contribution is 2.45. The summed E-state index contributed by atoms with van der Waals surface area (Å²) in [5, 5.41) is 30.1. The summed E-state index contributed by atoms with van der Waals surface area (Å²) in [6.45, 7) is 0. The van der Waals surface area contributed by atoms with Crippen LogP contribution in [0, 0.1) is 0 Å². The summed E-state index contributed by atoms with van der Waals surface area (Å²) in [6, 6.07) is 13.7. The van der Waals surface area contributed by atoms with E-state index in [-0.39, 0.29) is 28.0 Å². The summed E-state index contributed by atoms with van der Waals surface area (Å²) in [7, 11) is 1.38. The predicted molar refractivity (Wildman–Crippen MR) is 139 cm³/mol. The number of hydrogen-bond acceptors (Lipinski definition) is 10. The van der Waals surface area contributed by atoms with E-state index in [2.05, 4.69) is 10.2 Å². The number of methoxy groups -OCH3 is 1. The normalized spacial score (nSPS) is 15.5. The molecule has 0 saturated heterocycles. The first kappa shape index (κ1) is 24.9. The summed E-state index contributed by atoms with van der Waals surface area (Å²) in [5.41, 5.74) is 1.26. The van der Waals surface area contributed by atoms with E-state index < -0.39 is 23.5 Å². The second-order valence-corrected chi connectivity index (χ2v) is 10.5. The highest BCUT2D eigenvalue weighted by Gasteiger charge is 2.47. The highest BCUT2D eigenvalue weighted by atomic mass is 35.5. The molecule has 5 rings (SSSR count). The minimum atomic E-state index is -1.07. The van der Waals surface area contributed by atoms with Gasteiger partial charge < -0.3 is 19.4 Å². The average molecular weight is 556 g/mol. The molecule has 1 aliphatic rings. The standard InChI is InChI=1S/C25H18ClN3O6S2/c1-34-18-11-14(6-9-16(18)30)20-19(21(31)17-3-2-10-35-17)22(32)23(33)29(20)24-27-28-25(37-24)36-12-13-4-7-15(26)8-5-13/h2-11,20,30,32H,12H2,1H3. The third-order valence-corrected chi connectivity index (χ3v) is 7.97. The number of carbonyl (C=O) groups is 2. The van der Waals surface area contributed by atoms with E-state index in [9.17, 15) is 19.8 Å². The third-order valence-electron chi connectivity index (χ3n) is 5.59. The number of nitrogens with zero attached hydrogens (tertiary/aromatic N) is 3. The second-order valence-electron chi connectivity index (χ2n) is 7.84. The molecule has 0 spiro atoms. The Morgan fingerprint density at radius 3 is 2.68 bits per heavy atom. The number of aromatic nitrogens is 2. The van der Waals surface area contributed by atoms with Gasteiger partial charge in [0.05, 0.1) is 25.0 Å². The van der Waals surface area contributed by atoms with Crippen molar-refractivity contribution in [2.24, 2.45) is 0 Å². The Morgan fingerprint density at radius 2 is 1.97 bits per heavy atom. The van der Waals surface area contributed by atoms with Crippen LogP contribution in [0.2, 0.25) is 5.02 Å². The van der Waals surface area contributed by atoms with Crippen LogP contribution in [0.25, 0.3) is 0 Å². The van der Waals surface area contributed by atoms with Crippen LogP contribution in [0.4, 0.5) is 5.13 Å². The molecule has 188 valence electrons. The fourth-order valence-electron chi connectivity index (χ4n) is 3.84. The monoisotopic (exact) mass is 555 g/mol. The number of aromatic hydroxyl groups is 1. The van der Waals surface area contributed by atoms with Gasteiger partial charge in [0.25, 0.3) is 5.91 Å². The Kier molecular flexibility index (Phi) is 6.92. The smallest absolute Gasteiger partial charge is 0.296 e. The molecule has 0 radical (unpaired) electrons. The number of aliphatic hydroxyl groups excluding tert-OH is 1. The fraction of sp³-hybridized carbons (Fsp3) is 0.120. The van der Waals surface area contributed by atoms with Crippen LogP contribution in [0.5, 0.6) is 11.5 Å². The van der Waals surface area contributed by atoms with Crippen LogP contribution in [-0.4, -0.2) is 39.2 Å². The number of phenolic OH excluding ortho intramolecular Hbond substituents is 1. The van der Waals surface area contributed by atoms with Gasteiger partial charge in [-0.15, -0.1) is 10.2 Å². The molecule has 0 bridgehead atoms. The first-order valence-corrected chi connectivity index (χ1v) is 13.0. The SMILES string of the molecule is COc1cc(C2C(C(=O)c3ccco3)=C(O)C(=O)N2c2nnc(SCc3ccc(Cl)cc3)s2)ccc1O. The molecule has 3 heterocycles. The number of benzene rings is 2. The molecule has 2 aromatic heterocycles. The van der Waals surface area contributed by atoms with Gasteiger partial charge in [-0.25, -0.2) is 0 Å². The largest absolute Gasteiger partial charge is 0.504 e. The lowest BCUT2D eigenvalue weighted by molar-refractivity contribution is -0.117. The lowest BCUT2D eigenvalue weighted by atomic mass is 9.95. The van der Waals surface area contributed by atoms with E-state index in [1.165, 1.54) is 60.4 Å². The maximum absolute atomic E-state index is 13.3. The number of ether oxygens (including phenoxy) is 1. The summed E-state index contributed by atoms with van der Waals surface area (Å²) in [6.07, 6.45) is 1.33. The van der Waals surface area contributed by atoms with Crippen LogP contribution < -0.4 is 9.64 Å². The second kappa shape index (κ2) is 10.3. The minimum Gasteiger partial charge on any atom is -0.504 e. The summed E-state index contributed by atoms with van der Waals surface area (Å²) < 4.78 is 11.0. The van der Waals surface area contributed by atoms with Crippen molar-refractivity contribution in [1.82, 2.24) is 10.2 Å². The van der Waals surface area contributed by atoms with Crippen molar-refractivity contribution in [3.63, 3.8) is 0 Å². The van der Waals surface area contributed by atoms with Crippen molar-refractivity contribution >= 4 is 51.5 Å². The summed E-state index contributed by atoms with van der Waals surface area (Å²) >= 11 is 8.52. The van der Waals surface area contributed by atoms with Gasteiger partial charge in [-0.1, -0.05) is 52.9 Å². The molecule has 37 heavy (non-hydrogen) atoms. The van der Waals surface area contributed by atoms with Gasteiger partial charge in [0.15, 0.2) is 27.4 Å². The Labute approximate surface area is 224 Å². The predicted octanol–water partition coefficient (Wildman–Crippen LogP) is 5.57. The molecule has 12 heteroatoms. The molecule has 1 aliphatic heterocycles. The van der Waals surface area contributed by atoms with E-state index in [1.54, 1.807) is 12.1 Å². The van der Waals surface area contributed by atoms with Crippen molar-refractivity contribution in [3.05, 3.63) is 94.1 Å². The first-order chi connectivity index (χ1) is 17.9. The number of rotatable bonds is 8. The van der Waals surface area contributed by atoms with Crippen LogP contribution in [0.15, 0.2) is 80.9 Å². The van der Waals surface area contributed by atoms with Crippen molar-refractivity contribution < 1.29 is 29.0 Å². The van der Waals surface area contributed by atoms with Crippen LogP contribution in [0.1, 0.15) is 27.7 Å².